The van der Waals surface area contributed by atoms with E-state index in [1.807, 2.05) is 61.5 Å². The lowest BCUT2D eigenvalue weighted by atomic mass is 10.2. The summed E-state index contributed by atoms with van der Waals surface area (Å²) in [5, 5.41) is 6.37. The van der Waals surface area contributed by atoms with E-state index in [4.69, 9.17) is 4.74 Å². The summed E-state index contributed by atoms with van der Waals surface area (Å²) in [6.07, 6.45) is 4.65. The first-order valence-corrected chi connectivity index (χ1v) is 9.04. The number of carbonyl (C=O) groups excluding carboxylic acids is 1. The van der Waals surface area contributed by atoms with Gasteiger partial charge in [-0.2, -0.15) is 0 Å². The molecule has 0 unspecified atom stereocenters. The van der Waals surface area contributed by atoms with Crippen LogP contribution in [0.5, 0.6) is 5.75 Å². The van der Waals surface area contributed by atoms with Crippen LogP contribution in [0.25, 0.3) is 0 Å². The fourth-order valence-electron chi connectivity index (χ4n) is 3.10. The number of amides is 1. The summed E-state index contributed by atoms with van der Waals surface area (Å²) >= 11 is 0. The Morgan fingerprint density at radius 1 is 1.08 bits per heavy atom. The van der Waals surface area contributed by atoms with Gasteiger partial charge in [-0.1, -0.05) is 43.2 Å². The van der Waals surface area contributed by atoms with Gasteiger partial charge in [0, 0.05) is 11.7 Å². The number of rotatable bonds is 7. The zero-order valence-electron chi connectivity index (χ0n) is 14.7. The first-order valence-electron chi connectivity index (χ1n) is 9.04. The van der Waals surface area contributed by atoms with E-state index < -0.39 is 0 Å². The fourth-order valence-corrected chi connectivity index (χ4v) is 3.10. The van der Waals surface area contributed by atoms with Crippen molar-refractivity contribution in [3.05, 3.63) is 60.2 Å². The van der Waals surface area contributed by atoms with E-state index in [9.17, 15) is 4.79 Å². The molecular formula is C21H26N2O2. The molecule has 1 aliphatic carbocycles. The Kier molecular flexibility index (Phi) is 5.94. The molecule has 0 saturated heterocycles. The smallest absolute Gasteiger partial charge is 0.242 e. The van der Waals surface area contributed by atoms with Crippen LogP contribution in [0.15, 0.2) is 54.6 Å². The summed E-state index contributed by atoms with van der Waals surface area (Å²) in [6.45, 7) is 2.44. The number of carbonyl (C=O) groups is 1. The second-order valence-corrected chi connectivity index (χ2v) is 6.65. The number of nitrogens with one attached hydrogen (secondary N) is 2. The Morgan fingerprint density at radius 2 is 1.76 bits per heavy atom. The second-order valence-electron chi connectivity index (χ2n) is 6.65. The van der Waals surface area contributed by atoms with Crippen LogP contribution in [0.3, 0.4) is 0 Å². The van der Waals surface area contributed by atoms with E-state index in [0.717, 1.165) is 29.8 Å². The molecule has 1 atom stereocenters. The van der Waals surface area contributed by atoms with Gasteiger partial charge >= 0.3 is 0 Å². The topological polar surface area (TPSA) is 50.4 Å². The second kappa shape index (κ2) is 8.56. The predicted molar refractivity (Wildman–Crippen MR) is 101 cm³/mol. The highest BCUT2D eigenvalue weighted by molar-refractivity contribution is 5.84. The van der Waals surface area contributed by atoms with Gasteiger partial charge in [-0.25, -0.2) is 0 Å². The number of hydrogen-bond donors (Lipinski definition) is 2. The van der Waals surface area contributed by atoms with Crippen LogP contribution in [0.1, 0.15) is 38.2 Å². The highest BCUT2D eigenvalue weighted by Crippen LogP contribution is 2.19. The van der Waals surface area contributed by atoms with Crippen molar-refractivity contribution >= 4 is 11.6 Å². The average molecular weight is 338 g/mol. The number of benzene rings is 2. The SMILES string of the molecule is C[C@@H](Nc1ccc(OCc2ccccc2)cc1)C(=O)NC1CCCC1. The molecule has 3 rings (SSSR count). The molecule has 25 heavy (non-hydrogen) atoms. The standard InChI is InChI=1S/C21H26N2O2/c1-16(21(24)23-18-9-5-6-10-18)22-19-11-13-20(14-12-19)25-15-17-7-3-2-4-8-17/h2-4,7-8,11-14,16,18,22H,5-6,9-10,15H2,1H3,(H,23,24)/t16-/m1/s1. The third kappa shape index (κ3) is 5.24. The van der Waals surface area contributed by atoms with Crippen molar-refractivity contribution in [2.75, 3.05) is 5.32 Å². The van der Waals surface area contributed by atoms with Crippen LogP contribution < -0.4 is 15.4 Å². The van der Waals surface area contributed by atoms with Gasteiger partial charge in [-0.05, 0) is 49.6 Å². The molecule has 0 bridgehead atoms. The van der Waals surface area contributed by atoms with Gasteiger partial charge < -0.3 is 15.4 Å². The molecule has 1 saturated carbocycles. The number of hydrogen-bond acceptors (Lipinski definition) is 3. The van der Waals surface area contributed by atoms with Crippen molar-refractivity contribution in [2.24, 2.45) is 0 Å². The minimum Gasteiger partial charge on any atom is -0.489 e. The van der Waals surface area contributed by atoms with Crippen molar-refractivity contribution in [3.8, 4) is 5.75 Å². The fraction of sp³-hybridized carbons (Fsp3) is 0.381. The van der Waals surface area contributed by atoms with Crippen LogP contribution >= 0.6 is 0 Å². The van der Waals surface area contributed by atoms with Gasteiger partial charge in [0.1, 0.15) is 18.4 Å². The van der Waals surface area contributed by atoms with Gasteiger partial charge in [-0.15, -0.1) is 0 Å². The highest BCUT2D eigenvalue weighted by atomic mass is 16.5. The molecule has 0 radical (unpaired) electrons. The summed E-state index contributed by atoms with van der Waals surface area (Å²) < 4.78 is 5.78. The normalized spacial score (nSPS) is 15.6. The van der Waals surface area contributed by atoms with Gasteiger partial charge in [0.25, 0.3) is 0 Å². The van der Waals surface area contributed by atoms with E-state index in [-0.39, 0.29) is 11.9 Å². The molecule has 132 valence electrons. The molecular weight excluding hydrogens is 312 g/mol. The maximum atomic E-state index is 12.2. The summed E-state index contributed by atoms with van der Waals surface area (Å²) in [5.41, 5.74) is 2.06. The first-order chi connectivity index (χ1) is 12.2. The lowest BCUT2D eigenvalue weighted by molar-refractivity contribution is -0.122. The molecule has 1 amide bonds. The van der Waals surface area contributed by atoms with Gasteiger partial charge in [0.05, 0.1) is 0 Å². The lowest BCUT2D eigenvalue weighted by Gasteiger charge is -2.18. The van der Waals surface area contributed by atoms with Crippen LogP contribution in [-0.2, 0) is 11.4 Å². The summed E-state index contributed by atoms with van der Waals surface area (Å²) in [5.74, 6) is 0.883. The van der Waals surface area contributed by atoms with E-state index in [1.54, 1.807) is 0 Å². The maximum Gasteiger partial charge on any atom is 0.242 e. The summed E-state index contributed by atoms with van der Waals surface area (Å²) in [7, 11) is 0. The molecule has 0 spiro atoms. The Hall–Kier alpha value is -2.49. The van der Waals surface area contributed by atoms with E-state index >= 15 is 0 Å². The monoisotopic (exact) mass is 338 g/mol. The number of anilines is 1. The van der Waals surface area contributed by atoms with Crippen molar-refractivity contribution < 1.29 is 9.53 Å². The molecule has 4 heteroatoms. The van der Waals surface area contributed by atoms with Crippen LogP contribution in [0.4, 0.5) is 5.69 Å². The Labute approximate surface area is 149 Å². The Morgan fingerprint density at radius 3 is 2.44 bits per heavy atom. The van der Waals surface area contributed by atoms with Crippen LogP contribution in [0.2, 0.25) is 0 Å². The van der Waals surface area contributed by atoms with E-state index in [1.165, 1.54) is 12.8 Å². The van der Waals surface area contributed by atoms with Crippen molar-refractivity contribution in [1.82, 2.24) is 5.32 Å². The van der Waals surface area contributed by atoms with E-state index in [2.05, 4.69) is 10.6 Å². The third-order valence-electron chi connectivity index (χ3n) is 4.58. The molecule has 1 fully saturated rings. The third-order valence-corrected chi connectivity index (χ3v) is 4.58. The van der Waals surface area contributed by atoms with E-state index in [0.29, 0.717) is 12.6 Å². The molecule has 2 aromatic rings. The van der Waals surface area contributed by atoms with Crippen molar-refractivity contribution in [2.45, 2.75) is 51.3 Å². The van der Waals surface area contributed by atoms with Crippen LogP contribution in [-0.4, -0.2) is 18.0 Å². The highest BCUT2D eigenvalue weighted by Gasteiger charge is 2.20. The van der Waals surface area contributed by atoms with Crippen LogP contribution in [0, 0.1) is 0 Å². The zero-order chi connectivity index (χ0) is 17.5. The summed E-state index contributed by atoms with van der Waals surface area (Å²) in [6, 6.07) is 17.9. The lowest BCUT2D eigenvalue weighted by Crippen LogP contribution is -2.42. The predicted octanol–water partition coefficient (Wildman–Crippen LogP) is 4.12. The molecule has 0 aliphatic heterocycles. The Bertz CT molecular complexity index is 664. The maximum absolute atomic E-state index is 12.2. The van der Waals surface area contributed by atoms with Gasteiger partial charge in [0.2, 0.25) is 5.91 Å². The van der Waals surface area contributed by atoms with Crippen molar-refractivity contribution in [1.29, 1.82) is 0 Å². The van der Waals surface area contributed by atoms with Crippen molar-refractivity contribution in [3.63, 3.8) is 0 Å². The molecule has 4 nitrogen and oxygen atoms in total. The van der Waals surface area contributed by atoms with Gasteiger partial charge in [-0.3, -0.25) is 4.79 Å². The minimum absolute atomic E-state index is 0.0660. The molecule has 2 aromatic carbocycles. The molecule has 2 N–H and O–H groups in total. The first kappa shape index (κ1) is 17.3. The average Bonchev–Trinajstić information content (AvgIpc) is 3.15. The number of ether oxygens (including phenoxy) is 1. The molecule has 1 aliphatic rings. The minimum atomic E-state index is -0.253. The largest absolute Gasteiger partial charge is 0.489 e. The Balaban J connectivity index is 1.47. The van der Waals surface area contributed by atoms with Gasteiger partial charge in [0.15, 0.2) is 0 Å². The summed E-state index contributed by atoms with van der Waals surface area (Å²) in [4.78, 5) is 12.2. The molecule has 0 heterocycles. The zero-order valence-corrected chi connectivity index (χ0v) is 14.7. The quantitative estimate of drug-likeness (QED) is 0.798. The molecule has 0 aromatic heterocycles.